The van der Waals surface area contributed by atoms with Crippen LogP contribution in [0.25, 0.3) is 0 Å². The lowest BCUT2D eigenvalue weighted by atomic mass is 9.80. The van der Waals surface area contributed by atoms with Crippen molar-refractivity contribution in [2.24, 2.45) is 0 Å². The number of hydrogen-bond acceptors (Lipinski definition) is 5. The number of esters is 1. The number of anilines is 1. The van der Waals surface area contributed by atoms with Gasteiger partial charge in [0.1, 0.15) is 6.10 Å². The fraction of sp³-hybridized carbons (Fsp3) is 0.611. The third-order valence-electron chi connectivity index (χ3n) is 4.38. The molecule has 128 valence electrons. The highest BCUT2D eigenvalue weighted by Crippen LogP contribution is 2.38. The van der Waals surface area contributed by atoms with E-state index in [0.29, 0.717) is 18.4 Å². The van der Waals surface area contributed by atoms with Crippen LogP contribution in [0.5, 0.6) is 0 Å². The third-order valence-corrected chi connectivity index (χ3v) is 4.38. The number of benzene rings is 1. The first kappa shape index (κ1) is 17.8. The van der Waals surface area contributed by atoms with Gasteiger partial charge in [0.15, 0.2) is 0 Å². The molecule has 0 unspecified atom stereocenters. The van der Waals surface area contributed by atoms with Gasteiger partial charge in [-0.3, -0.25) is 0 Å². The van der Waals surface area contributed by atoms with Crippen LogP contribution >= 0.6 is 0 Å². The van der Waals surface area contributed by atoms with E-state index in [2.05, 4.69) is 5.32 Å². The first-order chi connectivity index (χ1) is 10.7. The minimum atomic E-state index is -0.429. The normalized spacial score (nSPS) is 21.0. The SMILES string of the molecule is CCNc1ccc(C(=O)OC2CC(C)(C)N(O)C(C)(C)C2)cc1. The number of carbonyl (C=O) groups is 1. The van der Waals surface area contributed by atoms with E-state index in [4.69, 9.17) is 4.74 Å². The molecule has 0 atom stereocenters. The lowest BCUT2D eigenvalue weighted by molar-refractivity contribution is -0.256. The molecule has 0 aliphatic carbocycles. The molecule has 0 bridgehead atoms. The molecule has 1 fully saturated rings. The molecule has 1 aromatic rings. The molecule has 1 heterocycles. The first-order valence-corrected chi connectivity index (χ1v) is 8.20. The van der Waals surface area contributed by atoms with Gasteiger partial charge in [0.2, 0.25) is 0 Å². The summed E-state index contributed by atoms with van der Waals surface area (Å²) >= 11 is 0. The zero-order valence-electron chi connectivity index (χ0n) is 14.7. The van der Waals surface area contributed by atoms with Gasteiger partial charge in [-0.2, -0.15) is 5.06 Å². The predicted octanol–water partition coefficient (Wildman–Crippen LogP) is 3.69. The molecule has 23 heavy (non-hydrogen) atoms. The lowest BCUT2D eigenvalue weighted by Crippen LogP contribution is -2.60. The highest BCUT2D eigenvalue weighted by molar-refractivity contribution is 5.90. The van der Waals surface area contributed by atoms with Crippen molar-refractivity contribution in [1.29, 1.82) is 0 Å². The van der Waals surface area contributed by atoms with Gasteiger partial charge in [0.05, 0.1) is 5.56 Å². The largest absolute Gasteiger partial charge is 0.459 e. The molecule has 5 heteroatoms. The van der Waals surface area contributed by atoms with Crippen molar-refractivity contribution in [3.63, 3.8) is 0 Å². The second kappa shape index (κ2) is 6.49. The molecule has 0 aromatic heterocycles. The molecule has 1 aliphatic heterocycles. The molecule has 1 saturated heterocycles. The van der Waals surface area contributed by atoms with Crippen molar-refractivity contribution < 1.29 is 14.7 Å². The molecule has 0 amide bonds. The number of carbonyl (C=O) groups excluding carboxylic acids is 1. The minimum absolute atomic E-state index is 0.204. The highest BCUT2D eigenvalue weighted by atomic mass is 16.5. The Hall–Kier alpha value is -1.59. The van der Waals surface area contributed by atoms with Crippen LogP contribution in [-0.2, 0) is 4.74 Å². The van der Waals surface area contributed by atoms with E-state index in [1.807, 2.05) is 46.8 Å². The molecule has 1 aromatic carbocycles. The third kappa shape index (κ3) is 4.03. The van der Waals surface area contributed by atoms with Crippen LogP contribution in [0.4, 0.5) is 5.69 Å². The van der Waals surface area contributed by atoms with Crippen LogP contribution in [0, 0.1) is 0 Å². The van der Waals surface area contributed by atoms with Crippen LogP contribution < -0.4 is 5.32 Å². The Morgan fingerprint density at radius 3 is 2.22 bits per heavy atom. The molecular formula is C18H28N2O3. The van der Waals surface area contributed by atoms with Crippen molar-refractivity contribution in [3.05, 3.63) is 29.8 Å². The predicted molar refractivity (Wildman–Crippen MR) is 90.8 cm³/mol. The Bertz CT molecular complexity index is 534. The van der Waals surface area contributed by atoms with Crippen molar-refractivity contribution in [1.82, 2.24) is 5.06 Å². The van der Waals surface area contributed by atoms with E-state index in [1.54, 1.807) is 12.1 Å². The Morgan fingerprint density at radius 1 is 1.22 bits per heavy atom. The minimum Gasteiger partial charge on any atom is -0.459 e. The summed E-state index contributed by atoms with van der Waals surface area (Å²) < 4.78 is 5.70. The van der Waals surface area contributed by atoms with Crippen LogP contribution in [0.15, 0.2) is 24.3 Å². The quantitative estimate of drug-likeness (QED) is 0.829. The summed E-state index contributed by atoms with van der Waals surface area (Å²) in [6.07, 6.45) is 1.01. The zero-order chi connectivity index (χ0) is 17.3. The standard InChI is InChI=1S/C18H28N2O3/c1-6-19-14-9-7-13(8-10-14)16(21)23-15-11-17(2,3)20(22)18(4,5)12-15/h7-10,15,19,22H,6,11-12H2,1-5H3. The van der Waals surface area contributed by atoms with Gasteiger partial charge >= 0.3 is 5.97 Å². The van der Waals surface area contributed by atoms with Crippen molar-refractivity contribution in [3.8, 4) is 0 Å². The first-order valence-electron chi connectivity index (χ1n) is 8.20. The van der Waals surface area contributed by atoms with Crippen LogP contribution in [0.2, 0.25) is 0 Å². The molecule has 5 nitrogen and oxygen atoms in total. The highest BCUT2D eigenvalue weighted by Gasteiger charge is 2.46. The topological polar surface area (TPSA) is 61.8 Å². The number of hydrogen-bond donors (Lipinski definition) is 2. The number of ether oxygens (including phenoxy) is 1. The Morgan fingerprint density at radius 2 is 1.74 bits per heavy atom. The summed E-state index contributed by atoms with van der Waals surface area (Å²) in [6, 6.07) is 7.31. The van der Waals surface area contributed by atoms with Gasteiger partial charge in [-0.25, -0.2) is 4.79 Å². The maximum atomic E-state index is 12.4. The van der Waals surface area contributed by atoms with Gasteiger partial charge in [0.25, 0.3) is 0 Å². The number of rotatable bonds is 4. The van der Waals surface area contributed by atoms with Crippen LogP contribution in [0.1, 0.15) is 57.8 Å². The monoisotopic (exact) mass is 320 g/mol. The summed E-state index contributed by atoms with van der Waals surface area (Å²) in [5, 5.41) is 14.9. The molecule has 2 rings (SSSR count). The van der Waals surface area contributed by atoms with Gasteiger partial charge in [-0.05, 0) is 58.9 Å². The Kier molecular flexibility index (Phi) is 5.01. The molecule has 0 spiro atoms. The second-order valence-electron chi connectivity index (χ2n) is 7.48. The van der Waals surface area contributed by atoms with Gasteiger partial charge in [-0.1, -0.05) is 0 Å². The lowest BCUT2D eigenvalue weighted by Gasteiger charge is -2.50. The number of hydroxylamine groups is 2. The molecule has 0 saturated carbocycles. The summed E-state index contributed by atoms with van der Waals surface area (Å²) in [4.78, 5) is 12.4. The molecular weight excluding hydrogens is 292 g/mol. The average molecular weight is 320 g/mol. The zero-order valence-corrected chi connectivity index (χ0v) is 14.7. The van der Waals surface area contributed by atoms with Crippen molar-refractivity contribution >= 4 is 11.7 Å². The smallest absolute Gasteiger partial charge is 0.338 e. The van der Waals surface area contributed by atoms with Gasteiger partial charge in [0, 0.05) is 36.2 Å². The summed E-state index contributed by atoms with van der Waals surface area (Å²) in [6.45, 7) is 10.7. The van der Waals surface area contributed by atoms with E-state index in [-0.39, 0.29) is 12.1 Å². The summed E-state index contributed by atoms with van der Waals surface area (Å²) in [5.74, 6) is -0.309. The second-order valence-corrected chi connectivity index (χ2v) is 7.48. The number of piperidine rings is 1. The van der Waals surface area contributed by atoms with E-state index in [1.165, 1.54) is 5.06 Å². The number of nitrogens with zero attached hydrogens (tertiary/aromatic N) is 1. The van der Waals surface area contributed by atoms with Gasteiger partial charge < -0.3 is 15.3 Å². The van der Waals surface area contributed by atoms with E-state index < -0.39 is 11.1 Å². The molecule has 1 aliphatic rings. The van der Waals surface area contributed by atoms with E-state index in [0.717, 1.165) is 12.2 Å². The fourth-order valence-electron chi connectivity index (χ4n) is 3.41. The maximum absolute atomic E-state index is 12.4. The summed E-state index contributed by atoms with van der Waals surface area (Å²) in [7, 11) is 0. The Labute approximate surface area is 138 Å². The Balaban J connectivity index is 2.05. The van der Waals surface area contributed by atoms with Crippen LogP contribution in [-0.4, -0.2) is 40.0 Å². The van der Waals surface area contributed by atoms with E-state index >= 15 is 0 Å². The fourth-order valence-corrected chi connectivity index (χ4v) is 3.41. The van der Waals surface area contributed by atoms with Crippen LogP contribution in [0.3, 0.4) is 0 Å². The molecule has 2 N–H and O–H groups in total. The van der Waals surface area contributed by atoms with Crippen molar-refractivity contribution in [2.75, 3.05) is 11.9 Å². The maximum Gasteiger partial charge on any atom is 0.338 e. The average Bonchev–Trinajstić information content (AvgIpc) is 2.45. The molecule has 0 radical (unpaired) electrons. The van der Waals surface area contributed by atoms with Gasteiger partial charge in [-0.15, -0.1) is 0 Å². The number of nitrogens with one attached hydrogen (secondary N) is 1. The van der Waals surface area contributed by atoms with Crippen molar-refractivity contribution in [2.45, 2.75) is 64.6 Å². The van der Waals surface area contributed by atoms with E-state index in [9.17, 15) is 10.0 Å². The summed E-state index contributed by atoms with van der Waals surface area (Å²) in [5.41, 5.74) is 0.678.